The molecule has 0 aromatic carbocycles. The Bertz CT molecular complexity index is 656. The Hall–Kier alpha value is -2.35. The number of hydrogen-bond donors (Lipinski definition) is 2. The van der Waals surface area contributed by atoms with Crippen LogP contribution >= 0.6 is 11.3 Å². The van der Waals surface area contributed by atoms with Crippen LogP contribution in [-0.4, -0.2) is 33.0 Å². The molecule has 0 aliphatic carbocycles. The van der Waals surface area contributed by atoms with Crippen molar-refractivity contribution in [3.05, 3.63) is 24.4 Å². The minimum atomic E-state index is -0.611. The van der Waals surface area contributed by atoms with E-state index < -0.39 is 6.04 Å². The van der Waals surface area contributed by atoms with E-state index in [-0.39, 0.29) is 17.7 Å². The number of pyridine rings is 1. The number of amides is 2. The SMILES string of the molecule is CC(=O)N[C@@H](C(=O)Nc1nnc(-c2ccccn2)s1)C(C)C. The fraction of sp³-hybridized carbons (Fsp3) is 0.357. The first-order valence-electron chi connectivity index (χ1n) is 6.80. The van der Waals surface area contributed by atoms with Crippen molar-refractivity contribution >= 4 is 28.3 Å². The molecule has 2 heterocycles. The maximum Gasteiger partial charge on any atom is 0.249 e. The average Bonchev–Trinajstić information content (AvgIpc) is 2.93. The summed E-state index contributed by atoms with van der Waals surface area (Å²) in [5, 5.41) is 14.3. The van der Waals surface area contributed by atoms with Crippen molar-refractivity contribution in [1.82, 2.24) is 20.5 Å². The zero-order valence-corrected chi connectivity index (χ0v) is 13.3. The van der Waals surface area contributed by atoms with Crippen molar-refractivity contribution < 1.29 is 9.59 Å². The lowest BCUT2D eigenvalue weighted by Gasteiger charge is -2.19. The van der Waals surface area contributed by atoms with Gasteiger partial charge in [0, 0.05) is 13.1 Å². The number of carbonyl (C=O) groups is 2. The monoisotopic (exact) mass is 319 g/mol. The van der Waals surface area contributed by atoms with E-state index in [0.717, 1.165) is 0 Å². The first kappa shape index (κ1) is 16.0. The normalized spacial score (nSPS) is 12.0. The van der Waals surface area contributed by atoms with Crippen LogP contribution in [0.2, 0.25) is 0 Å². The van der Waals surface area contributed by atoms with Gasteiger partial charge >= 0.3 is 0 Å². The lowest BCUT2D eigenvalue weighted by Crippen LogP contribution is -2.46. The summed E-state index contributed by atoms with van der Waals surface area (Å²) in [5.74, 6) is -0.596. The van der Waals surface area contributed by atoms with Gasteiger partial charge in [-0.1, -0.05) is 31.3 Å². The highest BCUT2D eigenvalue weighted by atomic mass is 32.1. The summed E-state index contributed by atoms with van der Waals surface area (Å²) < 4.78 is 0. The molecule has 0 fully saturated rings. The molecule has 0 aliphatic heterocycles. The lowest BCUT2D eigenvalue weighted by atomic mass is 10.0. The Morgan fingerprint density at radius 3 is 2.59 bits per heavy atom. The highest BCUT2D eigenvalue weighted by molar-refractivity contribution is 7.18. The molecule has 0 saturated heterocycles. The minimum absolute atomic E-state index is 0.0351. The zero-order valence-electron chi connectivity index (χ0n) is 12.5. The van der Waals surface area contributed by atoms with Crippen LogP contribution in [0, 0.1) is 5.92 Å². The van der Waals surface area contributed by atoms with Gasteiger partial charge in [-0.25, -0.2) is 0 Å². The molecule has 0 radical (unpaired) electrons. The predicted molar refractivity (Wildman–Crippen MR) is 84.2 cm³/mol. The van der Waals surface area contributed by atoms with E-state index in [2.05, 4.69) is 25.8 Å². The van der Waals surface area contributed by atoms with E-state index in [1.54, 1.807) is 6.20 Å². The maximum absolute atomic E-state index is 12.2. The van der Waals surface area contributed by atoms with Crippen molar-refractivity contribution in [3.63, 3.8) is 0 Å². The van der Waals surface area contributed by atoms with Gasteiger partial charge in [0.15, 0.2) is 5.01 Å². The van der Waals surface area contributed by atoms with Crippen LogP contribution in [0.5, 0.6) is 0 Å². The first-order valence-corrected chi connectivity index (χ1v) is 7.62. The molecular weight excluding hydrogens is 302 g/mol. The standard InChI is InChI=1S/C14H17N5O2S/c1-8(2)11(16-9(3)20)12(21)17-14-19-18-13(22-14)10-6-4-5-7-15-10/h4-8,11H,1-3H3,(H,16,20)(H,17,19,21)/t11-/m1/s1. The summed E-state index contributed by atoms with van der Waals surface area (Å²) in [6.07, 6.45) is 1.67. The molecule has 2 aromatic heterocycles. The van der Waals surface area contributed by atoms with Crippen molar-refractivity contribution in [2.24, 2.45) is 5.92 Å². The first-order chi connectivity index (χ1) is 10.5. The van der Waals surface area contributed by atoms with Gasteiger partial charge in [0.25, 0.3) is 0 Å². The highest BCUT2D eigenvalue weighted by Crippen LogP contribution is 2.24. The third kappa shape index (κ3) is 4.08. The number of anilines is 1. The molecule has 22 heavy (non-hydrogen) atoms. The Morgan fingerprint density at radius 2 is 2.00 bits per heavy atom. The van der Waals surface area contributed by atoms with E-state index in [0.29, 0.717) is 15.8 Å². The van der Waals surface area contributed by atoms with Crippen LogP contribution in [-0.2, 0) is 9.59 Å². The zero-order chi connectivity index (χ0) is 16.1. The molecule has 2 aromatic rings. The van der Waals surface area contributed by atoms with Gasteiger partial charge in [-0.3, -0.25) is 19.9 Å². The molecule has 2 N–H and O–H groups in total. The summed E-state index contributed by atoms with van der Waals surface area (Å²) in [4.78, 5) is 27.6. The second-order valence-corrected chi connectivity index (χ2v) is 6.02. The fourth-order valence-electron chi connectivity index (χ4n) is 1.80. The quantitative estimate of drug-likeness (QED) is 0.874. The van der Waals surface area contributed by atoms with Crippen LogP contribution in [0.3, 0.4) is 0 Å². The van der Waals surface area contributed by atoms with Gasteiger partial charge in [-0.15, -0.1) is 10.2 Å². The maximum atomic E-state index is 12.2. The summed E-state index contributed by atoms with van der Waals surface area (Å²) in [7, 11) is 0. The Kier molecular flexibility index (Phi) is 5.16. The van der Waals surface area contributed by atoms with Gasteiger partial charge in [0.2, 0.25) is 16.9 Å². The summed E-state index contributed by atoms with van der Waals surface area (Å²) in [5.41, 5.74) is 0.697. The second-order valence-electron chi connectivity index (χ2n) is 5.04. The summed E-state index contributed by atoms with van der Waals surface area (Å²) in [6, 6.07) is 4.88. The van der Waals surface area contributed by atoms with E-state index in [4.69, 9.17) is 0 Å². The molecule has 1 atom stereocenters. The molecular formula is C14H17N5O2S. The predicted octanol–water partition coefficient (Wildman–Crippen LogP) is 1.70. The smallest absolute Gasteiger partial charge is 0.249 e. The Labute approximate surface area is 132 Å². The van der Waals surface area contributed by atoms with E-state index >= 15 is 0 Å². The third-order valence-electron chi connectivity index (χ3n) is 2.85. The molecule has 8 heteroatoms. The molecule has 116 valence electrons. The van der Waals surface area contributed by atoms with Crippen molar-refractivity contribution in [1.29, 1.82) is 0 Å². The van der Waals surface area contributed by atoms with Gasteiger partial charge < -0.3 is 5.32 Å². The van der Waals surface area contributed by atoms with Gasteiger partial charge in [-0.05, 0) is 18.1 Å². The number of carbonyl (C=O) groups excluding carboxylic acids is 2. The van der Waals surface area contributed by atoms with Gasteiger partial charge in [0.1, 0.15) is 11.7 Å². The second kappa shape index (κ2) is 7.08. The van der Waals surface area contributed by atoms with E-state index in [1.807, 2.05) is 32.0 Å². The highest BCUT2D eigenvalue weighted by Gasteiger charge is 2.24. The third-order valence-corrected chi connectivity index (χ3v) is 3.71. The Balaban J connectivity index is 2.09. The number of nitrogens with zero attached hydrogens (tertiary/aromatic N) is 3. The number of aromatic nitrogens is 3. The van der Waals surface area contributed by atoms with Crippen LogP contribution in [0.4, 0.5) is 5.13 Å². The summed E-state index contributed by atoms with van der Waals surface area (Å²) in [6.45, 7) is 5.10. The van der Waals surface area contributed by atoms with Crippen LogP contribution in [0.15, 0.2) is 24.4 Å². The lowest BCUT2D eigenvalue weighted by molar-refractivity contribution is -0.126. The summed E-state index contributed by atoms with van der Waals surface area (Å²) >= 11 is 1.23. The molecule has 2 amide bonds. The number of rotatable bonds is 5. The van der Waals surface area contributed by atoms with Crippen molar-refractivity contribution in [2.45, 2.75) is 26.8 Å². The van der Waals surface area contributed by atoms with E-state index in [1.165, 1.54) is 18.3 Å². The van der Waals surface area contributed by atoms with Crippen molar-refractivity contribution in [3.8, 4) is 10.7 Å². The number of hydrogen-bond acceptors (Lipinski definition) is 6. The molecule has 0 aliphatic rings. The van der Waals surface area contributed by atoms with Crippen LogP contribution < -0.4 is 10.6 Å². The van der Waals surface area contributed by atoms with Crippen LogP contribution in [0.25, 0.3) is 10.7 Å². The van der Waals surface area contributed by atoms with Gasteiger partial charge in [-0.2, -0.15) is 0 Å². The molecule has 0 unspecified atom stereocenters. The number of nitrogens with one attached hydrogen (secondary N) is 2. The Morgan fingerprint density at radius 1 is 1.23 bits per heavy atom. The largest absolute Gasteiger partial charge is 0.344 e. The van der Waals surface area contributed by atoms with Gasteiger partial charge in [0.05, 0.1) is 0 Å². The molecule has 0 saturated carbocycles. The minimum Gasteiger partial charge on any atom is -0.344 e. The molecule has 0 bridgehead atoms. The van der Waals surface area contributed by atoms with Crippen molar-refractivity contribution in [2.75, 3.05) is 5.32 Å². The topological polar surface area (TPSA) is 96.9 Å². The molecule has 2 rings (SSSR count). The van der Waals surface area contributed by atoms with E-state index in [9.17, 15) is 9.59 Å². The average molecular weight is 319 g/mol. The molecule has 7 nitrogen and oxygen atoms in total. The van der Waals surface area contributed by atoms with Crippen LogP contribution in [0.1, 0.15) is 20.8 Å². The fourth-order valence-corrected chi connectivity index (χ4v) is 2.53. The molecule has 0 spiro atoms.